The number of carbonyl (C=O) groups is 2. The van der Waals surface area contributed by atoms with E-state index in [-0.39, 0.29) is 5.91 Å². The number of aromatic nitrogens is 1. The average molecular weight is 451 g/mol. The molecule has 7 nitrogen and oxygen atoms in total. The molecule has 32 heavy (non-hydrogen) atoms. The Labute approximate surface area is 191 Å². The number of amides is 2. The lowest BCUT2D eigenvalue weighted by molar-refractivity contribution is -0.140. The third-order valence-corrected chi connectivity index (χ3v) is 5.51. The molecular formula is C24H23ClN4O3. The van der Waals surface area contributed by atoms with E-state index in [9.17, 15) is 9.59 Å². The van der Waals surface area contributed by atoms with Gasteiger partial charge in [0.15, 0.2) is 0 Å². The maximum atomic E-state index is 13.3. The van der Waals surface area contributed by atoms with Crippen LogP contribution < -0.4 is 10.2 Å². The Morgan fingerprint density at radius 2 is 1.56 bits per heavy atom. The number of pyridine rings is 1. The summed E-state index contributed by atoms with van der Waals surface area (Å²) < 4.78 is 5.60. The monoisotopic (exact) mass is 450 g/mol. The summed E-state index contributed by atoms with van der Waals surface area (Å²) in [6, 6.07) is 19.6. The summed E-state index contributed by atoms with van der Waals surface area (Å²) in [4.78, 5) is 33.9. The lowest BCUT2D eigenvalue weighted by atomic mass is 10.1. The number of nitrogens with one attached hydrogen (secondary N) is 1. The van der Waals surface area contributed by atoms with Crippen LogP contribution in [0.1, 0.15) is 11.7 Å². The maximum Gasteiger partial charge on any atom is 0.412 e. The minimum Gasteiger partial charge on any atom is -0.431 e. The first-order valence-electron chi connectivity index (χ1n) is 10.3. The zero-order valence-corrected chi connectivity index (χ0v) is 18.1. The number of carbonyl (C=O) groups excluding carboxylic acids is 2. The molecule has 1 aliphatic heterocycles. The summed E-state index contributed by atoms with van der Waals surface area (Å²) in [6.07, 6.45) is 1.78. The second kappa shape index (κ2) is 10.2. The standard InChI is InChI=1S/C24H23ClN4O3/c25-19-6-8-20(9-7-19)27-24(31)32-22(18-4-2-1-3-5-18)23(30)29-16-14-28(15-17-29)21-10-12-26-13-11-21/h1-13,22H,14-17H2,(H,27,31)/t22-/m1/s1. The van der Waals surface area contributed by atoms with E-state index in [1.165, 1.54) is 0 Å². The molecule has 1 fully saturated rings. The molecule has 0 bridgehead atoms. The van der Waals surface area contributed by atoms with E-state index >= 15 is 0 Å². The van der Waals surface area contributed by atoms with Gasteiger partial charge in [-0.25, -0.2) is 4.79 Å². The van der Waals surface area contributed by atoms with Crippen LogP contribution in [0, 0.1) is 0 Å². The fraction of sp³-hybridized carbons (Fsp3) is 0.208. The van der Waals surface area contributed by atoms with E-state index in [0.717, 1.165) is 5.69 Å². The number of anilines is 2. The highest BCUT2D eigenvalue weighted by Gasteiger charge is 2.31. The van der Waals surface area contributed by atoms with Gasteiger partial charge in [-0.3, -0.25) is 15.1 Å². The van der Waals surface area contributed by atoms with Crippen molar-refractivity contribution in [1.82, 2.24) is 9.88 Å². The molecule has 0 unspecified atom stereocenters. The summed E-state index contributed by atoms with van der Waals surface area (Å²) in [5.74, 6) is -0.239. The smallest absolute Gasteiger partial charge is 0.412 e. The molecule has 4 rings (SSSR count). The van der Waals surface area contributed by atoms with E-state index in [4.69, 9.17) is 16.3 Å². The molecule has 0 spiro atoms. The Morgan fingerprint density at radius 1 is 0.906 bits per heavy atom. The molecule has 2 amide bonds. The number of nitrogens with zero attached hydrogens (tertiary/aromatic N) is 3. The van der Waals surface area contributed by atoms with Gasteiger partial charge < -0.3 is 14.5 Å². The minimum atomic E-state index is -1.03. The quantitative estimate of drug-likeness (QED) is 0.624. The first kappa shape index (κ1) is 21.6. The van der Waals surface area contributed by atoms with Crippen molar-refractivity contribution in [1.29, 1.82) is 0 Å². The highest BCUT2D eigenvalue weighted by molar-refractivity contribution is 6.30. The fourth-order valence-electron chi connectivity index (χ4n) is 3.58. The van der Waals surface area contributed by atoms with Crippen LogP contribution in [0.25, 0.3) is 0 Å². The summed E-state index contributed by atoms with van der Waals surface area (Å²) in [5, 5.41) is 3.21. The Balaban J connectivity index is 1.44. The predicted octanol–water partition coefficient (Wildman–Crippen LogP) is 4.37. The molecule has 1 saturated heterocycles. The van der Waals surface area contributed by atoms with Crippen LogP contribution in [-0.4, -0.2) is 48.1 Å². The first-order chi connectivity index (χ1) is 15.6. The van der Waals surface area contributed by atoms with Crippen LogP contribution in [0.2, 0.25) is 5.02 Å². The van der Waals surface area contributed by atoms with Crippen LogP contribution >= 0.6 is 11.6 Å². The number of piperazine rings is 1. The molecule has 1 atom stereocenters. The van der Waals surface area contributed by atoms with Crippen molar-refractivity contribution in [3.63, 3.8) is 0 Å². The van der Waals surface area contributed by atoms with Gasteiger partial charge >= 0.3 is 6.09 Å². The Bertz CT molecular complexity index is 1040. The molecule has 1 N–H and O–H groups in total. The summed E-state index contributed by atoms with van der Waals surface area (Å²) in [5.41, 5.74) is 2.23. The summed E-state index contributed by atoms with van der Waals surface area (Å²) in [7, 11) is 0. The molecule has 2 aromatic carbocycles. The van der Waals surface area contributed by atoms with Gasteiger partial charge in [0.05, 0.1) is 0 Å². The third-order valence-electron chi connectivity index (χ3n) is 5.26. The van der Waals surface area contributed by atoms with E-state index < -0.39 is 12.2 Å². The predicted molar refractivity (Wildman–Crippen MR) is 124 cm³/mol. The molecular weight excluding hydrogens is 428 g/mol. The SMILES string of the molecule is O=C(Nc1ccc(Cl)cc1)O[C@@H](C(=O)N1CCN(c2ccncc2)CC1)c1ccccc1. The zero-order chi connectivity index (χ0) is 22.3. The van der Waals surface area contributed by atoms with Crippen molar-refractivity contribution in [3.8, 4) is 0 Å². The van der Waals surface area contributed by atoms with Crippen molar-refractivity contribution in [2.75, 3.05) is 36.4 Å². The molecule has 3 aromatic rings. The van der Waals surface area contributed by atoms with Crippen molar-refractivity contribution in [3.05, 3.63) is 89.7 Å². The van der Waals surface area contributed by atoms with Crippen LogP contribution in [0.15, 0.2) is 79.1 Å². The largest absolute Gasteiger partial charge is 0.431 e. The second-order valence-electron chi connectivity index (χ2n) is 7.35. The van der Waals surface area contributed by atoms with Gasteiger partial charge in [0.1, 0.15) is 0 Å². The molecule has 164 valence electrons. The number of hydrogen-bond donors (Lipinski definition) is 1. The molecule has 0 radical (unpaired) electrons. The van der Waals surface area contributed by atoms with E-state index in [1.807, 2.05) is 30.3 Å². The van der Waals surface area contributed by atoms with Gasteiger partial charge in [0.25, 0.3) is 5.91 Å². The van der Waals surface area contributed by atoms with Crippen molar-refractivity contribution < 1.29 is 14.3 Å². The summed E-state index contributed by atoms with van der Waals surface area (Å²) in [6.45, 7) is 2.45. The van der Waals surface area contributed by atoms with Crippen LogP contribution in [-0.2, 0) is 9.53 Å². The Hall–Kier alpha value is -3.58. The lowest BCUT2D eigenvalue weighted by Gasteiger charge is -2.37. The van der Waals surface area contributed by atoms with Gasteiger partial charge in [-0.1, -0.05) is 41.9 Å². The topological polar surface area (TPSA) is 74.8 Å². The van der Waals surface area contributed by atoms with Crippen LogP contribution in [0.4, 0.5) is 16.2 Å². The van der Waals surface area contributed by atoms with Gasteiger partial charge in [-0.05, 0) is 36.4 Å². The second-order valence-corrected chi connectivity index (χ2v) is 7.78. The van der Waals surface area contributed by atoms with Crippen molar-refractivity contribution in [2.24, 2.45) is 0 Å². The number of halogens is 1. The zero-order valence-electron chi connectivity index (χ0n) is 17.4. The van der Waals surface area contributed by atoms with Gasteiger partial charge in [-0.15, -0.1) is 0 Å². The lowest BCUT2D eigenvalue weighted by Crippen LogP contribution is -2.50. The molecule has 0 saturated carbocycles. The Kier molecular flexibility index (Phi) is 6.87. The molecule has 1 aromatic heterocycles. The fourth-order valence-corrected chi connectivity index (χ4v) is 3.71. The number of benzene rings is 2. The highest BCUT2D eigenvalue weighted by atomic mass is 35.5. The number of hydrogen-bond acceptors (Lipinski definition) is 5. The van der Waals surface area contributed by atoms with Crippen molar-refractivity contribution in [2.45, 2.75) is 6.10 Å². The number of rotatable bonds is 5. The van der Waals surface area contributed by atoms with Crippen LogP contribution in [0.3, 0.4) is 0 Å². The van der Waals surface area contributed by atoms with Crippen molar-refractivity contribution >= 4 is 35.0 Å². The summed E-state index contributed by atoms with van der Waals surface area (Å²) >= 11 is 5.89. The van der Waals surface area contributed by atoms with E-state index in [1.54, 1.807) is 53.7 Å². The maximum absolute atomic E-state index is 13.3. The first-order valence-corrected chi connectivity index (χ1v) is 10.7. The van der Waals surface area contributed by atoms with E-state index in [0.29, 0.717) is 42.5 Å². The molecule has 2 heterocycles. The highest BCUT2D eigenvalue weighted by Crippen LogP contribution is 2.23. The molecule has 1 aliphatic rings. The minimum absolute atomic E-state index is 0.239. The number of ether oxygens (including phenoxy) is 1. The third kappa shape index (κ3) is 5.36. The van der Waals surface area contributed by atoms with E-state index in [2.05, 4.69) is 15.2 Å². The normalized spacial score (nSPS) is 14.5. The van der Waals surface area contributed by atoms with Gasteiger partial charge in [0.2, 0.25) is 6.10 Å². The van der Waals surface area contributed by atoms with Gasteiger partial charge in [-0.2, -0.15) is 0 Å². The van der Waals surface area contributed by atoms with Gasteiger partial charge in [0, 0.05) is 60.5 Å². The molecule has 0 aliphatic carbocycles. The van der Waals surface area contributed by atoms with Crippen LogP contribution in [0.5, 0.6) is 0 Å². The Morgan fingerprint density at radius 3 is 2.22 bits per heavy atom. The average Bonchev–Trinajstić information content (AvgIpc) is 2.85. The molecule has 8 heteroatoms.